The van der Waals surface area contributed by atoms with Gasteiger partial charge in [-0.25, -0.2) is 0 Å². The van der Waals surface area contributed by atoms with Crippen LogP contribution in [0.1, 0.15) is 38.8 Å². The van der Waals surface area contributed by atoms with Crippen molar-refractivity contribution < 1.29 is 0 Å². The molecule has 1 fully saturated rings. The second-order valence-electron chi connectivity index (χ2n) is 5.66. The third-order valence-corrected chi connectivity index (χ3v) is 3.21. The van der Waals surface area contributed by atoms with E-state index < -0.39 is 0 Å². The second kappa shape index (κ2) is 3.63. The molecule has 0 bridgehead atoms. The molecular formula is C12H21N3. The monoisotopic (exact) mass is 207 g/mol. The second-order valence-corrected chi connectivity index (χ2v) is 5.66. The van der Waals surface area contributed by atoms with E-state index in [0.717, 1.165) is 6.54 Å². The number of hydrogen-bond acceptors (Lipinski definition) is 2. The highest BCUT2D eigenvalue weighted by Gasteiger charge is 2.23. The molecule has 1 unspecified atom stereocenters. The van der Waals surface area contributed by atoms with Crippen molar-refractivity contribution in [2.75, 3.05) is 20.1 Å². The molecule has 2 rings (SSSR count). The van der Waals surface area contributed by atoms with Gasteiger partial charge in [0, 0.05) is 12.7 Å². The summed E-state index contributed by atoms with van der Waals surface area (Å²) in [7, 11) is 2.17. The highest BCUT2D eigenvalue weighted by molar-refractivity contribution is 5.15. The van der Waals surface area contributed by atoms with E-state index in [1.54, 1.807) is 0 Å². The number of aromatic nitrogens is 2. The van der Waals surface area contributed by atoms with Crippen LogP contribution in [0.15, 0.2) is 12.4 Å². The molecule has 3 heteroatoms. The maximum atomic E-state index is 4.49. The molecule has 3 nitrogen and oxygen atoms in total. The molecule has 1 aromatic heterocycles. The van der Waals surface area contributed by atoms with Crippen molar-refractivity contribution in [3.8, 4) is 0 Å². The third-order valence-electron chi connectivity index (χ3n) is 3.21. The van der Waals surface area contributed by atoms with Gasteiger partial charge in [0.25, 0.3) is 0 Å². The fourth-order valence-corrected chi connectivity index (χ4v) is 2.05. The van der Waals surface area contributed by atoms with Gasteiger partial charge in [-0.2, -0.15) is 5.10 Å². The van der Waals surface area contributed by atoms with E-state index in [-0.39, 0.29) is 5.41 Å². The van der Waals surface area contributed by atoms with E-state index in [1.165, 1.54) is 18.5 Å². The molecule has 0 radical (unpaired) electrons. The Morgan fingerprint density at radius 2 is 2.13 bits per heavy atom. The van der Waals surface area contributed by atoms with Gasteiger partial charge in [-0.1, -0.05) is 20.8 Å². The zero-order valence-electron chi connectivity index (χ0n) is 10.2. The number of rotatable bonds is 1. The van der Waals surface area contributed by atoms with E-state index in [2.05, 4.69) is 48.7 Å². The summed E-state index contributed by atoms with van der Waals surface area (Å²) in [5, 5.41) is 4.49. The molecule has 0 spiro atoms. The highest BCUT2D eigenvalue weighted by Crippen LogP contribution is 2.25. The first-order valence-electron chi connectivity index (χ1n) is 5.70. The average Bonchev–Trinajstić information content (AvgIpc) is 2.69. The Balaban J connectivity index is 2.14. The lowest BCUT2D eigenvalue weighted by molar-refractivity contribution is 0.382. The van der Waals surface area contributed by atoms with E-state index in [0.29, 0.717) is 6.04 Å². The Hall–Kier alpha value is -0.830. The molecule has 1 saturated heterocycles. The molecule has 2 heterocycles. The normalized spacial score (nSPS) is 23.6. The van der Waals surface area contributed by atoms with Crippen molar-refractivity contribution >= 4 is 0 Å². The summed E-state index contributed by atoms with van der Waals surface area (Å²) in [5.41, 5.74) is 1.54. The quantitative estimate of drug-likeness (QED) is 0.703. The van der Waals surface area contributed by atoms with E-state index in [4.69, 9.17) is 0 Å². The van der Waals surface area contributed by atoms with E-state index in [1.807, 2.05) is 6.20 Å². The molecule has 1 aromatic rings. The lowest BCUT2D eigenvalue weighted by Crippen LogP contribution is -2.17. The third kappa shape index (κ3) is 2.23. The summed E-state index contributed by atoms with van der Waals surface area (Å²) in [6, 6.07) is 0.575. The predicted molar refractivity (Wildman–Crippen MR) is 62.1 cm³/mol. The minimum absolute atomic E-state index is 0.211. The SMILES string of the molecule is CN1CCC(n2cc(C(C)(C)C)cn2)C1. The fourth-order valence-electron chi connectivity index (χ4n) is 2.05. The number of hydrogen-bond donors (Lipinski definition) is 0. The number of nitrogens with zero attached hydrogens (tertiary/aromatic N) is 3. The van der Waals surface area contributed by atoms with Crippen molar-refractivity contribution in [2.45, 2.75) is 38.6 Å². The Kier molecular flexibility index (Phi) is 2.59. The topological polar surface area (TPSA) is 21.1 Å². The minimum atomic E-state index is 0.211. The summed E-state index contributed by atoms with van der Waals surface area (Å²) in [6.07, 6.45) is 5.45. The van der Waals surface area contributed by atoms with Crippen LogP contribution < -0.4 is 0 Å². The lowest BCUT2D eigenvalue weighted by Gasteiger charge is -2.16. The first-order valence-corrected chi connectivity index (χ1v) is 5.70. The molecular weight excluding hydrogens is 186 g/mol. The van der Waals surface area contributed by atoms with Crippen LogP contribution in [0, 0.1) is 0 Å². The summed E-state index contributed by atoms with van der Waals surface area (Å²) in [6.45, 7) is 9.01. The zero-order valence-corrected chi connectivity index (χ0v) is 10.2. The van der Waals surface area contributed by atoms with E-state index >= 15 is 0 Å². The molecule has 0 saturated carbocycles. The summed E-state index contributed by atoms with van der Waals surface area (Å²) < 4.78 is 2.14. The standard InChI is InChI=1S/C12H21N3/c1-12(2,3)10-7-13-15(8-10)11-5-6-14(4)9-11/h7-8,11H,5-6,9H2,1-4H3. The van der Waals surface area contributed by atoms with Crippen LogP contribution in [0.4, 0.5) is 0 Å². The van der Waals surface area contributed by atoms with Gasteiger partial charge in [0.15, 0.2) is 0 Å². The predicted octanol–water partition coefficient (Wildman–Crippen LogP) is 2.06. The Labute approximate surface area is 92.1 Å². The largest absolute Gasteiger partial charge is 0.304 e. The van der Waals surface area contributed by atoms with Gasteiger partial charge in [0.05, 0.1) is 12.2 Å². The van der Waals surface area contributed by atoms with Gasteiger partial charge in [-0.05, 0) is 31.0 Å². The van der Waals surface area contributed by atoms with Gasteiger partial charge in [0.1, 0.15) is 0 Å². The van der Waals surface area contributed by atoms with E-state index in [9.17, 15) is 0 Å². The van der Waals surface area contributed by atoms with Gasteiger partial charge >= 0.3 is 0 Å². The number of likely N-dealkylation sites (N-methyl/N-ethyl adjacent to an activating group) is 1. The van der Waals surface area contributed by atoms with Crippen molar-refractivity contribution in [1.82, 2.24) is 14.7 Å². The first-order chi connectivity index (χ1) is 6.97. The maximum Gasteiger partial charge on any atom is 0.0658 e. The molecule has 1 atom stereocenters. The molecule has 15 heavy (non-hydrogen) atoms. The Morgan fingerprint density at radius 1 is 1.40 bits per heavy atom. The molecule has 0 aliphatic carbocycles. The summed E-state index contributed by atoms with van der Waals surface area (Å²) in [5.74, 6) is 0. The van der Waals surface area contributed by atoms with Crippen LogP contribution in [0.2, 0.25) is 0 Å². The smallest absolute Gasteiger partial charge is 0.0658 e. The highest BCUT2D eigenvalue weighted by atomic mass is 15.3. The van der Waals surface area contributed by atoms with Gasteiger partial charge in [0.2, 0.25) is 0 Å². The zero-order chi connectivity index (χ0) is 11.1. The lowest BCUT2D eigenvalue weighted by atomic mass is 9.90. The average molecular weight is 207 g/mol. The van der Waals surface area contributed by atoms with Crippen LogP contribution in [-0.4, -0.2) is 34.8 Å². The molecule has 1 aliphatic rings. The van der Waals surface area contributed by atoms with Gasteiger partial charge < -0.3 is 4.90 Å². The van der Waals surface area contributed by atoms with Crippen LogP contribution in [-0.2, 0) is 5.41 Å². The van der Waals surface area contributed by atoms with Crippen LogP contribution in [0.25, 0.3) is 0 Å². The fraction of sp³-hybridized carbons (Fsp3) is 0.750. The Morgan fingerprint density at radius 3 is 2.60 bits per heavy atom. The number of likely N-dealkylation sites (tertiary alicyclic amines) is 1. The molecule has 1 aliphatic heterocycles. The van der Waals surface area contributed by atoms with Crippen LogP contribution >= 0.6 is 0 Å². The van der Waals surface area contributed by atoms with Crippen LogP contribution in [0.3, 0.4) is 0 Å². The van der Waals surface area contributed by atoms with Crippen molar-refractivity contribution in [3.63, 3.8) is 0 Å². The molecule has 0 aromatic carbocycles. The van der Waals surface area contributed by atoms with Gasteiger partial charge in [-0.15, -0.1) is 0 Å². The van der Waals surface area contributed by atoms with Crippen molar-refractivity contribution in [3.05, 3.63) is 18.0 Å². The van der Waals surface area contributed by atoms with Crippen molar-refractivity contribution in [1.29, 1.82) is 0 Å². The van der Waals surface area contributed by atoms with Crippen LogP contribution in [0.5, 0.6) is 0 Å². The maximum absolute atomic E-state index is 4.49. The first kappa shape index (κ1) is 10.7. The molecule has 84 valence electrons. The molecule has 0 amide bonds. The summed E-state index contributed by atoms with van der Waals surface area (Å²) >= 11 is 0. The Bertz CT molecular complexity index is 335. The molecule has 0 N–H and O–H groups in total. The minimum Gasteiger partial charge on any atom is -0.304 e. The summed E-state index contributed by atoms with van der Waals surface area (Å²) in [4.78, 5) is 2.36. The van der Waals surface area contributed by atoms with Gasteiger partial charge in [-0.3, -0.25) is 4.68 Å². The van der Waals surface area contributed by atoms with Crippen molar-refractivity contribution in [2.24, 2.45) is 0 Å².